The highest BCUT2D eigenvalue weighted by Gasteiger charge is 2.24. The highest BCUT2D eigenvalue weighted by atomic mass is 16.4. The molecule has 3 aromatic carbocycles. The Morgan fingerprint density at radius 1 is 0.667 bits per heavy atom. The fourth-order valence-corrected chi connectivity index (χ4v) is 5.24. The summed E-state index contributed by atoms with van der Waals surface area (Å²) in [5.41, 5.74) is 9.06. The zero-order valence-corrected chi connectivity index (χ0v) is 25.2. The number of hydrogen-bond donors (Lipinski definition) is 3. The van der Waals surface area contributed by atoms with Crippen LogP contribution in [0.3, 0.4) is 0 Å². The smallest absolute Gasteiger partial charge is 0.331 e. The van der Waals surface area contributed by atoms with Gasteiger partial charge in [0, 0.05) is 18.4 Å². The summed E-state index contributed by atoms with van der Waals surface area (Å²) in [5.74, 6) is -0.409. The van der Waals surface area contributed by atoms with Gasteiger partial charge in [-0.15, -0.1) is 0 Å². The molecular formula is C35H44O4. The summed E-state index contributed by atoms with van der Waals surface area (Å²) in [4.78, 5) is 11.9. The van der Waals surface area contributed by atoms with Gasteiger partial charge in [-0.1, -0.05) is 94.6 Å². The first-order valence-electron chi connectivity index (χ1n) is 13.6. The van der Waals surface area contributed by atoms with Crippen molar-refractivity contribution in [1.29, 1.82) is 0 Å². The van der Waals surface area contributed by atoms with Crippen LogP contribution in [0.25, 0.3) is 6.08 Å². The average Bonchev–Trinajstić information content (AvgIpc) is 2.78. The monoisotopic (exact) mass is 528 g/mol. The second-order valence-corrected chi connectivity index (χ2v) is 13.1. The van der Waals surface area contributed by atoms with E-state index >= 15 is 0 Å². The highest BCUT2D eigenvalue weighted by molar-refractivity contribution is 5.92. The van der Waals surface area contributed by atoms with Crippen LogP contribution in [0.1, 0.15) is 104 Å². The Bertz CT molecular complexity index is 1350. The Balaban J connectivity index is 2.26. The third-order valence-corrected chi connectivity index (χ3v) is 7.24. The maximum atomic E-state index is 11.9. The zero-order valence-electron chi connectivity index (χ0n) is 25.2. The van der Waals surface area contributed by atoms with Gasteiger partial charge >= 0.3 is 5.97 Å². The number of aryl methyl sites for hydroxylation is 3. The van der Waals surface area contributed by atoms with Gasteiger partial charge in [0.05, 0.1) is 0 Å². The van der Waals surface area contributed by atoms with Crippen molar-refractivity contribution in [2.75, 3.05) is 0 Å². The number of benzene rings is 3. The van der Waals surface area contributed by atoms with Crippen LogP contribution >= 0.6 is 0 Å². The summed E-state index contributed by atoms with van der Waals surface area (Å²) in [6.07, 6.45) is 2.63. The molecule has 39 heavy (non-hydrogen) atoms. The minimum atomic E-state index is -0.977. The Kier molecular flexibility index (Phi) is 8.40. The molecule has 0 fully saturated rings. The van der Waals surface area contributed by atoms with Crippen LogP contribution in [0.4, 0.5) is 0 Å². The SMILES string of the molecule is C/C(=C\c1c(Cc2cc(C)cc(C(C)(C)C)c2O)cc(C)cc1Cc1cc(C)cc(C(C)(C)C)c1O)C(=O)O. The number of carbonyl (C=O) groups is 1. The van der Waals surface area contributed by atoms with Crippen molar-refractivity contribution in [2.45, 2.75) is 92.9 Å². The fraction of sp³-hybridized carbons (Fsp3) is 0.400. The Morgan fingerprint density at radius 2 is 1.00 bits per heavy atom. The van der Waals surface area contributed by atoms with Gasteiger partial charge in [0.1, 0.15) is 11.5 Å². The molecule has 3 aromatic rings. The number of aromatic hydroxyl groups is 2. The largest absolute Gasteiger partial charge is 0.507 e. The number of carboxylic acids is 1. The van der Waals surface area contributed by atoms with Crippen molar-refractivity contribution < 1.29 is 20.1 Å². The molecular weight excluding hydrogens is 484 g/mol. The van der Waals surface area contributed by atoms with Crippen molar-refractivity contribution in [3.63, 3.8) is 0 Å². The molecule has 4 heteroatoms. The molecule has 0 spiro atoms. The van der Waals surface area contributed by atoms with Gasteiger partial charge in [-0.25, -0.2) is 4.79 Å². The molecule has 0 amide bonds. The lowest BCUT2D eigenvalue weighted by Crippen LogP contribution is -2.13. The molecule has 0 aliphatic rings. The minimum Gasteiger partial charge on any atom is -0.507 e. The van der Waals surface area contributed by atoms with Crippen LogP contribution in [0, 0.1) is 20.8 Å². The molecule has 0 aliphatic carbocycles. The van der Waals surface area contributed by atoms with E-state index < -0.39 is 5.97 Å². The number of aliphatic carboxylic acids is 1. The lowest BCUT2D eigenvalue weighted by atomic mass is 9.81. The first kappa shape index (κ1) is 30.0. The van der Waals surface area contributed by atoms with Gasteiger partial charge in [0.2, 0.25) is 0 Å². The van der Waals surface area contributed by atoms with Gasteiger partial charge in [-0.3, -0.25) is 0 Å². The quantitative estimate of drug-likeness (QED) is 0.281. The average molecular weight is 529 g/mol. The number of rotatable bonds is 6. The van der Waals surface area contributed by atoms with Crippen molar-refractivity contribution in [2.24, 2.45) is 0 Å². The second-order valence-electron chi connectivity index (χ2n) is 13.1. The first-order chi connectivity index (χ1) is 17.9. The summed E-state index contributed by atoms with van der Waals surface area (Å²) in [7, 11) is 0. The van der Waals surface area contributed by atoms with E-state index in [0.29, 0.717) is 12.8 Å². The molecule has 0 atom stereocenters. The summed E-state index contributed by atoms with van der Waals surface area (Å²) in [5, 5.41) is 32.3. The predicted molar refractivity (Wildman–Crippen MR) is 161 cm³/mol. The molecule has 0 bridgehead atoms. The maximum absolute atomic E-state index is 11.9. The normalized spacial score (nSPS) is 12.6. The fourth-order valence-electron chi connectivity index (χ4n) is 5.24. The summed E-state index contributed by atoms with van der Waals surface area (Å²) in [6, 6.07) is 12.2. The lowest BCUT2D eigenvalue weighted by Gasteiger charge is -2.24. The van der Waals surface area contributed by atoms with Crippen LogP contribution in [-0.2, 0) is 28.5 Å². The van der Waals surface area contributed by atoms with E-state index in [9.17, 15) is 20.1 Å². The molecule has 0 saturated heterocycles. The van der Waals surface area contributed by atoms with E-state index in [1.807, 2.05) is 45.0 Å². The standard InChI is InChI=1S/C35H44O4/c1-20-11-24(18-26-13-21(2)15-29(31(26)36)34(5,6)7)28(17-23(4)33(38)39)25(12-20)19-27-14-22(3)16-30(32(27)37)35(8,9)10/h11-17,36-37H,18-19H2,1-10H3,(H,38,39)/b23-17+. The van der Waals surface area contributed by atoms with Crippen LogP contribution in [0.2, 0.25) is 0 Å². The van der Waals surface area contributed by atoms with E-state index in [0.717, 1.165) is 55.6 Å². The van der Waals surface area contributed by atoms with Gasteiger partial charge < -0.3 is 15.3 Å². The molecule has 4 nitrogen and oxygen atoms in total. The topological polar surface area (TPSA) is 77.8 Å². The van der Waals surface area contributed by atoms with Crippen molar-refractivity contribution in [3.8, 4) is 11.5 Å². The zero-order chi connectivity index (χ0) is 29.4. The van der Waals surface area contributed by atoms with Gasteiger partial charge in [-0.05, 0) is 83.5 Å². The molecule has 0 aliphatic heterocycles. The third-order valence-electron chi connectivity index (χ3n) is 7.24. The van der Waals surface area contributed by atoms with Crippen LogP contribution in [0.5, 0.6) is 11.5 Å². The maximum Gasteiger partial charge on any atom is 0.331 e. The van der Waals surface area contributed by atoms with E-state index in [4.69, 9.17) is 0 Å². The number of carboxylic acid groups (broad SMARTS) is 1. The lowest BCUT2D eigenvalue weighted by molar-refractivity contribution is -0.132. The predicted octanol–water partition coefficient (Wildman–Crippen LogP) is 8.29. The van der Waals surface area contributed by atoms with Gasteiger partial charge in [0.25, 0.3) is 0 Å². The molecule has 3 rings (SSSR count). The molecule has 0 unspecified atom stereocenters. The van der Waals surface area contributed by atoms with E-state index in [1.54, 1.807) is 13.0 Å². The highest BCUT2D eigenvalue weighted by Crippen LogP contribution is 2.38. The minimum absolute atomic E-state index is 0.224. The van der Waals surface area contributed by atoms with E-state index in [-0.39, 0.29) is 27.9 Å². The van der Waals surface area contributed by atoms with Crippen LogP contribution < -0.4 is 0 Å². The molecule has 0 aromatic heterocycles. The number of phenols is 2. The van der Waals surface area contributed by atoms with Crippen LogP contribution in [0.15, 0.2) is 42.0 Å². The summed E-state index contributed by atoms with van der Waals surface area (Å²) in [6.45, 7) is 20.2. The third kappa shape index (κ3) is 6.92. The summed E-state index contributed by atoms with van der Waals surface area (Å²) < 4.78 is 0. The second kappa shape index (κ2) is 10.9. The van der Waals surface area contributed by atoms with Crippen molar-refractivity contribution in [3.05, 3.63) is 97.6 Å². The van der Waals surface area contributed by atoms with E-state index in [2.05, 4.69) is 53.7 Å². The number of hydrogen-bond acceptors (Lipinski definition) is 3. The van der Waals surface area contributed by atoms with Crippen LogP contribution in [-0.4, -0.2) is 21.3 Å². The van der Waals surface area contributed by atoms with Gasteiger partial charge in [-0.2, -0.15) is 0 Å². The molecule has 3 N–H and O–H groups in total. The Labute approximate surface area is 234 Å². The molecule has 208 valence electrons. The van der Waals surface area contributed by atoms with Crippen molar-refractivity contribution in [1.82, 2.24) is 0 Å². The molecule has 0 radical (unpaired) electrons. The summed E-state index contributed by atoms with van der Waals surface area (Å²) >= 11 is 0. The van der Waals surface area contributed by atoms with E-state index in [1.165, 1.54) is 0 Å². The van der Waals surface area contributed by atoms with Gasteiger partial charge in [0.15, 0.2) is 0 Å². The van der Waals surface area contributed by atoms with Crippen molar-refractivity contribution >= 4 is 12.0 Å². The first-order valence-corrected chi connectivity index (χ1v) is 13.6. The Hall–Kier alpha value is -3.53. The molecule has 0 saturated carbocycles. The molecule has 0 heterocycles. The Morgan fingerprint density at radius 3 is 1.33 bits per heavy atom. The number of phenolic OH excluding ortho intramolecular Hbond substituents is 2.